The average Bonchev–Trinajstić information content (AvgIpc) is 2.16. The molecule has 0 saturated carbocycles. The van der Waals surface area contributed by atoms with E-state index in [9.17, 15) is 9.59 Å². The number of hydrogen-bond donors (Lipinski definition) is 1. The summed E-state index contributed by atoms with van der Waals surface area (Å²) in [5.41, 5.74) is 0. The summed E-state index contributed by atoms with van der Waals surface area (Å²) in [7, 11) is 6.21. The molecule has 0 aromatic heterocycles. The fourth-order valence-electron chi connectivity index (χ4n) is 0.535. The van der Waals surface area contributed by atoms with Gasteiger partial charge >= 0.3 is 11.9 Å². The van der Waals surface area contributed by atoms with Gasteiger partial charge < -0.3 is 38.3 Å². The lowest BCUT2D eigenvalue weighted by atomic mass is 10.5. The molecule has 0 bridgehead atoms. The van der Waals surface area contributed by atoms with E-state index in [4.69, 9.17) is 9.84 Å². The van der Waals surface area contributed by atoms with Crippen LogP contribution in [0.15, 0.2) is 0 Å². The second-order valence-corrected chi connectivity index (χ2v) is 4.34. The molecular formula is C11H24INO4. The van der Waals surface area contributed by atoms with Crippen LogP contribution in [0.4, 0.5) is 0 Å². The zero-order chi connectivity index (χ0) is 13.2. The van der Waals surface area contributed by atoms with E-state index < -0.39 is 5.97 Å². The van der Waals surface area contributed by atoms with Gasteiger partial charge in [0.25, 0.3) is 0 Å². The largest absolute Gasteiger partial charge is 1.00 e. The van der Waals surface area contributed by atoms with E-state index in [2.05, 4.69) is 21.1 Å². The molecule has 0 fully saturated rings. The van der Waals surface area contributed by atoms with Crippen LogP contribution in [0.1, 0.15) is 26.7 Å². The van der Waals surface area contributed by atoms with Crippen LogP contribution in [0.3, 0.4) is 0 Å². The molecule has 0 rings (SSSR count). The number of hydrogen-bond acceptors (Lipinski definition) is 3. The number of rotatable bonds is 5. The second-order valence-electron chi connectivity index (χ2n) is 4.34. The summed E-state index contributed by atoms with van der Waals surface area (Å²) in [4.78, 5) is 20.0. The molecule has 0 aromatic carbocycles. The number of carboxylic acids is 1. The zero-order valence-electron chi connectivity index (χ0n) is 11.3. The number of quaternary nitrogens is 1. The summed E-state index contributed by atoms with van der Waals surface area (Å²) in [5.74, 6) is -0.858. The molecule has 0 radical (unpaired) electrons. The molecule has 0 saturated heterocycles. The average molecular weight is 361 g/mol. The maximum Gasteiger partial charge on any atom is 0.305 e. The zero-order valence-corrected chi connectivity index (χ0v) is 13.5. The van der Waals surface area contributed by atoms with Crippen molar-refractivity contribution in [2.45, 2.75) is 26.7 Å². The van der Waals surface area contributed by atoms with E-state index in [1.54, 1.807) is 13.8 Å². The fraction of sp³-hybridized carbons (Fsp3) is 0.818. The fourth-order valence-corrected chi connectivity index (χ4v) is 0.535. The molecule has 6 heteroatoms. The number of ether oxygens (including phenoxy) is 1. The number of esters is 1. The minimum absolute atomic E-state index is 0. The van der Waals surface area contributed by atoms with Gasteiger partial charge in [0.2, 0.25) is 0 Å². The summed E-state index contributed by atoms with van der Waals surface area (Å²) < 4.78 is 5.74. The van der Waals surface area contributed by atoms with Gasteiger partial charge in [0, 0.05) is 12.8 Å². The standard InChI is InChI=1S/C8H18NO2.C3H6O2.HI/c1-5-8(10)11-7-6-9(2,3)4;1-2-3(4)5;/h5-7H2,1-4H3;2H2,1H3,(H,4,5);1H/q+1;;/p-1. The SMILES string of the molecule is CCC(=O)O.CCC(=O)OCC[N+](C)(C)C.[I-]. The van der Waals surface area contributed by atoms with Crippen LogP contribution < -0.4 is 24.0 Å². The van der Waals surface area contributed by atoms with Gasteiger partial charge in [-0.2, -0.15) is 0 Å². The molecule has 0 aliphatic carbocycles. The number of likely N-dealkylation sites (N-methyl/N-ethyl adjacent to an activating group) is 1. The van der Waals surface area contributed by atoms with Crippen LogP contribution in [-0.2, 0) is 14.3 Å². The van der Waals surface area contributed by atoms with Gasteiger partial charge in [-0.1, -0.05) is 13.8 Å². The number of nitrogens with zero attached hydrogens (tertiary/aromatic N) is 1. The molecule has 5 nitrogen and oxygen atoms in total. The highest BCUT2D eigenvalue weighted by molar-refractivity contribution is 5.68. The molecule has 0 heterocycles. The van der Waals surface area contributed by atoms with Gasteiger partial charge in [-0.05, 0) is 0 Å². The molecule has 0 amide bonds. The Bertz CT molecular complexity index is 214. The van der Waals surface area contributed by atoms with Crippen molar-refractivity contribution in [3.05, 3.63) is 0 Å². The van der Waals surface area contributed by atoms with Crippen molar-refractivity contribution in [2.24, 2.45) is 0 Å². The number of carbonyl (C=O) groups excluding carboxylic acids is 1. The molecule has 0 aliphatic rings. The molecule has 0 unspecified atom stereocenters. The third-order valence-corrected chi connectivity index (χ3v) is 1.62. The highest BCUT2D eigenvalue weighted by Crippen LogP contribution is 1.91. The molecule has 17 heavy (non-hydrogen) atoms. The van der Waals surface area contributed by atoms with E-state index in [1.165, 1.54) is 0 Å². The van der Waals surface area contributed by atoms with Gasteiger partial charge in [-0.3, -0.25) is 9.59 Å². The Kier molecular flexibility index (Phi) is 15.6. The number of carboxylic acid groups (broad SMARTS) is 1. The van der Waals surface area contributed by atoms with Crippen molar-refractivity contribution in [2.75, 3.05) is 34.3 Å². The summed E-state index contributed by atoms with van der Waals surface area (Å²) in [5, 5.41) is 7.72. The quantitative estimate of drug-likeness (QED) is 0.354. The third-order valence-electron chi connectivity index (χ3n) is 1.62. The van der Waals surface area contributed by atoms with E-state index in [1.807, 2.05) is 0 Å². The van der Waals surface area contributed by atoms with Gasteiger partial charge in [0.1, 0.15) is 13.2 Å². The summed E-state index contributed by atoms with van der Waals surface area (Å²) in [6.45, 7) is 4.79. The Morgan fingerprint density at radius 1 is 1.12 bits per heavy atom. The highest BCUT2D eigenvalue weighted by Gasteiger charge is 2.07. The number of halogens is 1. The first-order valence-corrected chi connectivity index (χ1v) is 5.40. The van der Waals surface area contributed by atoms with Crippen molar-refractivity contribution < 1.29 is 47.9 Å². The summed E-state index contributed by atoms with van der Waals surface area (Å²) >= 11 is 0. The van der Waals surface area contributed by atoms with Gasteiger partial charge in [-0.25, -0.2) is 0 Å². The Hall–Kier alpha value is -0.370. The molecule has 0 aliphatic heterocycles. The van der Waals surface area contributed by atoms with E-state index >= 15 is 0 Å². The predicted molar refractivity (Wildman–Crippen MR) is 62.1 cm³/mol. The lowest BCUT2D eigenvalue weighted by molar-refractivity contribution is -0.870. The monoisotopic (exact) mass is 361 g/mol. The van der Waals surface area contributed by atoms with Crippen LogP contribution in [0.2, 0.25) is 0 Å². The van der Waals surface area contributed by atoms with Gasteiger partial charge in [-0.15, -0.1) is 0 Å². The molecule has 0 atom stereocenters. The van der Waals surface area contributed by atoms with Crippen molar-refractivity contribution >= 4 is 11.9 Å². The second kappa shape index (κ2) is 12.1. The predicted octanol–water partition coefficient (Wildman–Crippen LogP) is -1.87. The van der Waals surface area contributed by atoms with Gasteiger partial charge in [0.05, 0.1) is 21.1 Å². The van der Waals surface area contributed by atoms with E-state index in [-0.39, 0.29) is 36.4 Å². The topological polar surface area (TPSA) is 63.6 Å². The lowest BCUT2D eigenvalue weighted by Gasteiger charge is -2.23. The van der Waals surface area contributed by atoms with Crippen LogP contribution >= 0.6 is 0 Å². The van der Waals surface area contributed by atoms with Crippen LogP contribution in [0.5, 0.6) is 0 Å². The molecule has 0 aromatic rings. The molecular weight excluding hydrogens is 337 g/mol. The normalized spacial score (nSPS) is 9.47. The van der Waals surface area contributed by atoms with Crippen molar-refractivity contribution in [3.63, 3.8) is 0 Å². The molecule has 0 spiro atoms. The van der Waals surface area contributed by atoms with E-state index in [0.717, 1.165) is 11.0 Å². The minimum Gasteiger partial charge on any atom is -1.00 e. The highest BCUT2D eigenvalue weighted by atomic mass is 127. The van der Waals surface area contributed by atoms with Crippen molar-refractivity contribution in [3.8, 4) is 0 Å². The van der Waals surface area contributed by atoms with Crippen LogP contribution in [0, 0.1) is 0 Å². The van der Waals surface area contributed by atoms with Crippen LogP contribution in [-0.4, -0.2) is 55.8 Å². The number of aliphatic carboxylic acids is 1. The van der Waals surface area contributed by atoms with Crippen molar-refractivity contribution in [1.29, 1.82) is 0 Å². The minimum atomic E-state index is -0.745. The smallest absolute Gasteiger partial charge is 0.305 e. The molecule has 1 N–H and O–H groups in total. The maximum atomic E-state index is 10.7. The first-order valence-electron chi connectivity index (χ1n) is 5.40. The Labute approximate surface area is 121 Å². The third kappa shape index (κ3) is 25.7. The Morgan fingerprint density at radius 2 is 1.53 bits per heavy atom. The van der Waals surface area contributed by atoms with E-state index in [0.29, 0.717) is 13.0 Å². The number of carbonyl (C=O) groups is 2. The first-order chi connectivity index (χ1) is 7.22. The Morgan fingerprint density at radius 3 is 1.76 bits per heavy atom. The van der Waals surface area contributed by atoms with Crippen molar-refractivity contribution in [1.82, 2.24) is 0 Å². The lowest BCUT2D eigenvalue weighted by Crippen LogP contribution is -3.00. The van der Waals surface area contributed by atoms with Gasteiger partial charge in [0.15, 0.2) is 0 Å². The Balaban J connectivity index is -0.000000280. The molecule has 104 valence electrons. The van der Waals surface area contributed by atoms with Crippen LogP contribution in [0.25, 0.3) is 0 Å². The summed E-state index contributed by atoms with van der Waals surface area (Å²) in [6, 6.07) is 0. The first kappa shape index (κ1) is 21.9. The maximum absolute atomic E-state index is 10.7. The summed E-state index contributed by atoms with van der Waals surface area (Å²) in [6.07, 6.45) is 0.692.